The lowest BCUT2D eigenvalue weighted by molar-refractivity contribution is -0.385. The minimum atomic E-state index is -0.510. The lowest BCUT2D eigenvalue weighted by Gasteiger charge is -2.26. The van der Waals surface area contributed by atoms with E-state index in [0.717, 1.165) is 68.3 Å². The van der Waals surface area contributed by atoms with Crippen molar-refractivity contribution >= 4 is 46.1 Å². The van der Waals surface area contributed by atoms with Gasteiger partial charge in [-0.25, -0.2) is 9.59 Å². The topological polar surface area (TPSA) is 155 Å². The molecule has 0 N–H and O–H groups in total. The van der Waals surface area contributed by atoms with E-state index in [1.807, 2.05) is 119 Å². The smallest absolute Gasteiger partial charge is 0.330 e. The minimum Gasteiger partial charge on any atom is -0.458 e. The maximum Gasteiger partial charge on any atom is 0.330 e. The minimum absolute atomic E-state index is 0.00786. The van der Waals surface area contributed by atoms with Crippen LogP contribution in [0.4, 0.5) is 34.1 Å². The van der Waals surface area contributed by atoms with Gasteiger partial charge in [-0.3, -0.25) is 20.2 Å². The molecule has 308 valence electrons. The Morgan fingerprint density at radius 2 is 0.787 bits per heavy atom. The molecule has 6 aromatic rings. The van der Waals surface area contributed by atoms with E-state index in [-0.39, 0.29) is 24.6 Å². The molecule has 0 heterocycles. The number of carbonyl (C=O) groups is 2. The van der Waals surface area contributed by atoms with Gasteiger partial charge >= 0.3 is 11.9 Å². The van der Waals surface area contributed by atoms with Crippen LogP contribution >= 0.6 is 0 Å². The Morgan fingerprint density at radius 3 is 1.08 bits per heavy atom. The highest BCUT2D eigenvalue weighted by Gasteiger charge is 2.16. The zero-order chi connectivity index (χ0) is 43.1. The first-order chi connectivity index (χ1) is 29.6. The highest BCUT2D eigenvalue weighted by Crippen LogP contribution is 2.31. The van der Waals surface area contributed by atoms with Gasteiger partial charge in [-0.2, -0.15) is 0 Å². The van der Waals surface area contributed by atoms with Gasteiger partial charge < -0.3 is 24.0 Å². The van der Waals surface area contributed by atoms with Gasteiger partial charge in [0.1, 0.15) is 13.2 Å². The van der Waals surface area contributed by atoms with Crippen LogP contribution in [0.5, 0.6) is 0 Å². The molecule has 0 aliphatic heterocycles. The predicted octanol–water partition coefficient (Wildman–Crippen LogP) is 10.4. The Bertz CT molecular complexity index is 2310. The summed E-state index contributed by atoms with van der Waals surface area (Å²) in [5.74, 6) is -1.02. The van der Waals surface area contributed by atoms with Crippen LogP contribution in [-0.2, 0) is 63.3 Å². The number of anilines is 4. The fraction of sp³-hybridized carbons (Fsp3) is 0.125. The number of non-ortho nitro benzene ring substituents is 2. The van der Waals surface area contributed by atoms with Gasteiger partial charge in [0.15, 0.2) is 0 Å². The molecule has 61 heavy (non-hydrogen) atoms. The number of carbonyl (C=O) groups excluding carboxylic acids is 2. The number of hydrogen-bond donors (Lipinski definition) is 0. The van der Waals surface area contributed by atoms with E-state index in [2.05, 4.69) is 13.2 Å². The monoisotopic (exact) mass is 818 g/mol. The summed E-state index contributed by atoms with van der Waals surface area (Å²) >= 11 is 0. The van der Waals surface area contributed by atoms with Crippen LogP contribution in [0, 0.1) is 20.2 Å². The quantitative estimate of drug-likeness (QED) is 0.0313. The molecule has 0 fully saturated rings. The molecule has 0 amide bonds. The molecule has 0 spiro atoms. The Balaban J connectivity index is 1.13. The summed E-state index contributed by atoms with van der Waals surface area (Å²) in [6.45, 7) is 8.46. The summed E-state index contributed by atoms with van der Waals surface area (Å²) in [6, 6.07) is 43.9. The average molecular weight is 819 g/mol. The van der Waals surface area contributed by atoms with Crippen LogP contribution in [0.3, 0.4) is 0 Å². The number of esters is 2. The summed E-state index contributed by atoms with van der Waals surface area (Å²) in [6.07, 6.45) is 2.23. The van der Waals surface area contributed by atoms with E-state index in [9.17, 15) is 29.8 Å². The highest BCUT2D eigenvalue weighted by molar-refractivity contribution is 5.81. The molecule has 0 unspecified atom stereocenters. The van der Waals surface area contributed by atoms with Crippen molar-refractivity contribution in [3.63, 3.8) is 0 Å². The molecule has 0 aliphatic carbocycles. The van der Waals surface area contributed by atoms with E-state index >= 15 is 0 Å². The molecule has 0 aromatic heterocycles. The van der Waals surface area contributed by atoms with E-state index in [1.54, 1.807) is 24.3 Å². The number of hydrogen-bond acceptors (Lipinski definition) is 11. The molecule has 0 aliphatic rings. The van der Waals surface area contributed by atoms with Crippen LogP contribution < -0.4 is 9.80 Å². The number of nitro groups is 2. The SMILES string of the molecule is C=CC(=O)OCc1ccc(N(Cc2cccc([N+](=O)[O-])c2)c2ccc(COCc3ccc(N(Cc4cccc([N+](=O)[O-])c4)c4ccc(COC(=O)C=C)cc4)cc3)cc2)cc1. The first-order valence-electron chi connectivity index (χ1n) is 19.1. The third-order valence-corrected chi connectivity index (χ3v) is 9.55. The normalized spacial score (nSPS) is 10.6. The van der Waals surface area contributed by atoms with Crippen molar-refractivity contribution in [2.24, 2.45) is 0 Å². The van der Waals surface area contributed by atoms with Gasteiger partial charge in [0.05, 0.1) is 23.1 Å². The lowest BCUT2D eigenvalue weighted by Crippen LogP contribution is -2.17. The number of ether oxygens (including phenoxy) is 3. The zero-order valence-corrected chi connectivity index (χ0v) is 33.1. The summed E-state index contributed by atoms with van der Waals surface area (Å²) in [5.41, 5.74) is 8.40. The van der Waals surface area contributed by atoms with Crippen molar-refractivity contribution < 1.29 is 33.6 Å². The first-order valence-corrected chi connectivity index (χ1v) is 19.1. The second-order valence-corrected chi connectivity index (χ2v) is 13.8. The van der Waals surface area contributed by atoms with Gasteiger partial charge in [-0.15, -0.1) is 0 Å². The molecule has 13 heteroatoms. The van der Waals surface area contributed by atoms with E-state index in [1.165, 1.54) is 12.1 Å². The lowest BCUT2D eigenvalue weighted by atomic mass is 10.1. The van der Waals surface area contributed by atoms with Gasteiger partial charge in [-0.1, -0.05) is 86.0 Å². The molecular formula is C48H42N4O9. The third-order valence-electron chi connectivity index (χ3n) is 9.55. The Hall–Kier alpha value is -7.90. The molecular weight excluding hydrogens is 777 g/mol. The maximum atomic E-state index is 11.6. The second-order valence-electron chi connectivity index (χ2n) is 13.8. The Kier molecular flexibility index (Phi) is 14.5. The standard InChI is InChI=1S/C48H42N4O9/c1-3-47(53)60-33-37-15-23-43(24-16-37)49(29-39-7-5-9-45(27-39)51(55)56)41-19-11-35(12-20-41)31-59-32-36-13-21-42(22-14-36)50(30-40-8-6-10-46(28-40)52(57)58)44-25-17-38(18-26-44)34-61-48(54)4-2/h3-28H,1-2,29-34H2. The highest BCUT2D eigenvalue weighted by atomic mass is 16.6. The molecule has 6 rings (SSSR count). The van der Waals surface area contributed by atoms with Crippen molar-refractivity contribution in [3.8, 4) is 0 Å². The van der Waals surface area contributed by atoms with Crippen LogP contribution in [0.2, 0.25) is 0 Å². The van der Waals surface area contributed by atoms with E-state index < -0.39 is 21.8 Å². The summed E-state index contributed by atoms with van der Waals surface area (Å²) < 4.78 is 16.5. The fourth-order valence-corrected chi connectivity index (χ4v) is 6.37. The fourth-order valence-electron chi connectivity index (χ4n) is 6.37. The molecule has 0 atom stereocenters. The zero-order valence-electron chi connectivity index (χ0n) is 33.1. The molecule has 13 nitrogen and oxygen atoms in total. The number of nitrogens with zero attached hydrogens (tertiary/aromatic N) is 4. The van der Waals surface area contributed by atoms with Crippen molar-refractivity contribution in [3.05, 3.63) is 225 Å². The molecule has 0 saturated carbocycles. The summed E-state index contributed by atoms with van der Waals surface area (Å²) in [4.78, 5) is 49.4. The van der Waals surface area contributed by atoms with Gasteiger partial charge in [0.25, 0.3) is 11.4 Å². The third kappa shape index (κ3) is 12.1. The van der Waals surface area contributed by atoms with Gasteiger partial charge in [0.2, 0.25) is 0 Å². The molecule has 0 radical (unpaired) electrons. The number of rotatable bonds is 20. The Labute approximate surface area is 352 Å². The predicted molar refractivity (Wildman–Crippen MR) is 232 cm³/mol. The van der Waals surface area contributed by atoms with Crippen LogP contribution in [-0.4, -0.2) is 21.8 Å². The van der Waals surface area contributed by atoms with Gasteiger partial charge in [-0.05, 0) is 81.9 Å². The molecule has 6 aromatic carbocycles. The van der Waals surface area contributed by atoms with Crippen LogP contribution in [0.25, 0.3) is 0 Å². The maximum absolute atomic E-state index is 11.6. The second kappa shape index (κ2) is 20.7. The van der Waals surface area contributed by atoms with Crippen molar-refractivity contribution in [2.45, 2.75) is 39.5 Å². The van der Waals surface area contributed by atoms with Crippen LogP contribution in [0.15, 0.2) is 171 Å². The summed E-state index contributed by atoms with van der Waals surface area (Å²) in [5, 5.41) is 23.0. The van der Waals surface area contributed by atoms with Crippen LogP contribution in [0.1, 0.15) is 33.4 Å². The first kappa shape index (κ1) is 42.7. The largest absolute Gasteiger partial charge is 0.458 e. The number of benzene rings is 6. The molecule has 0 bridgehead atoms. The summed E-state index contributed by atoms with van der Waals surface area (Å²) in [7, 11) is 0. The average Bonchev–Trinajstić information content (AvgIpc) is 3.29. The van der Waals surface area contributed by atoms with E-state index in [0.29, 0.717) is 26.3 Å². The van der Waals surface area contributed by atoms with Crippen molar-refractivity contribution in [1.82, 2.24) is 0 Å². The van der Waals surface area contributed by atoms with Gasteiger partial charge in [0, 0.05) is 72.3 Å². The van der Waals surface area contributed by atoms with Crippen molar-refractivity contribution in [2.75, 3.05) is 9.80 Å². The van der Waals surface area contributed by atoms with Crippen molar-refractivity contribution in [1.29, 1.82) is 0 Å². The Morgan fingerprint density at radius 1 is 0.475 bits per heavy atom. The number of nitro benzene ring substituents is 2. The van der Waals surface area contributed by atoms with E-state index in [4.69, 9.17) is 14.2 Å². The molecule has 0 saturated heterocycles.